The van der Waals surface area contributed by atoms with Crippen LogP contribution in [0.15, 0.2) is 60.0 Å². The summed E-state index contributed by atoms with van der Waals surface area (Å²) in [6.07, 6.45) is 2.13. The van der Waals surface area contributed by atoms with E-state index in [1.807, 2.05) is 30.3 Å². The van der Waals surface area contributed by atoms with Crippen LogP contribution in [-0.2, 0) is 11.2 Å². The zero-order valence-electron chi connectivity index (χ0n) is 15.2. The maximum absolute atomic E-state index is 12.1. The molecule has 0 unspecified atom stereocenters. The summed E-state index contributed by atoms with van der Waals surface area (Å²) in [5, 5.41) is 14.9. The quantitative estimate of drug-likeness (QED) is 0.646. The smallest absolute Gasteiger partial charge is 0.126 e. The number of hydrogen-bond donors (Lipinski definition) is 1. The molecule has 2 nitrogen and oxygen atoms in total. The van der Waals surface area contributed by atoms with Gasteiger partial charge in [-0.25, -0.2) is 0 Å². The van der Waals surface area contributed by atoms with Gasteiger partial charge in [-0.2, -0.15) is 0 Å². The molecule has 26 heavy (non-hydrogen) atoms. The molecule has 1 aliphatic rings. The molecule has 0 spiro atoms. The van der Waals surface area contributed by atoms with Crippen molar-refractivity contribution in [3.05, 3.63) is 71.1 Å². The SMILES string of the molecule is CC1(C)C[C@@](O)(Cc2csc3ccccc23)[C@H](C=O)[C@H]1c1ccccc1. The van der Waals surface area contributed by atoms with E-state index in [1.54, 1.807) is 11.3 Å². The minimum Gasteiger partial charge on any atom is -0.389 e. The van der Waals surface area contributed by atoms with E-state index < -0.39 is 11.5 Å². The Hall–Kier alpha value is -1.97. The van der Waals surface area contributed by atoms with Gasteiger partial charge in [0.1, 0.15) is 6.29 Å². The van der Waals surface area contributed by atoms with Crippen molar-refractivity contribution in [3.8, 4) is 0 Å². The number of aliphatic hydroxyl groups is 1. The fraction of sp³-hybridized carbons (Fsp3) is 0.348. The standard InChI is InChI=1S/C23H24O2S/c1-22(2)15-23(25,12-17-14-26-20-11-7-6-10-18(17)20)19(13-24)21(22)16-8-4-3-5-9-16/h3-11,13-14,19,21,25H,12,15H2,1-2H3/t19-,21-,23+/m1/s1. The highest BCUT2D eigenvalue weighted by molar-refractivity contribution is 7.17. The number of rotatable bonds is 4. The molecular formula is C23H24O2S. The maximum Gasteiger partial charge on any atom is 0.126 e. The highest BCUT2D eigenvalue weighted by atomic mass is 32.1. The average molecular weight is 365 g/mol. The summed E-state index contributed by atoms with van der Waals surface area (Å²) >= 11 is 1.70. The van der Waals surface area contributed by atoms with Crippen molar-refractivity contribution >= 4 is 27.7 Å². The molecular weight excluding hydrogens is 340 g/mol. The van der Waals surface area contributed by atoms with Crippen molar-refractivity contribution in [1.82, 2.24) is 0 Å². The van der Waals surface area contributed by atoms with Gasteiger partial charge in [-0.3, -0.25) is 0 Å². The molecule has 1 aliphatic carbocycles. The van der Waals surface area contributed by atoms with E-state index in [0.29, 0.717) is 12.8 Å². The fourth-order valence-electron chi connectivity index (χ4n) is 5.02. The van der Waals surface area contributed by atoms with Gasteiger partial charge in [0.2, 0.25) is 0 Å². The van der Waals surface area contributed by atoms with Gasteiger partial charge in [-0.05, 0) is 39.8 Å². The van der Waals surface area contributed by atoms with Crippen LogP contribution in [0, 0.1) is 11.3 Å². The zero-order chi connectivity index (χ0) is 18.4. The Morgan fingerprint density at radius 1 is 1.12 bits per heavy atom. The minimum absolute atomic E-state index is 0.0242. The lowest BCUT2D eigenvalue weighted by Crippen LogP contribution is -2.38. The van der Waals surface area contributed by atoms with Crippen molar-refractivity contribution in [2.75, 3.05) is 0 Å². The zero-order valence-corrected chi connectivity index (χ0v) is 16.0. The summed E-state index contributed by atoms with van der Waals surface area (Å²) in [6, 6.07) is 18.5. The molecule has 0 amide bonds. The first-order chi connectivity index (χ1) is 12.4. The molecule has 1 N–H and O–H groups in total. The molecule has 0 radical (unpaired) electrons. The van der Waals surface area contributed by atoms with E-state index in [9.17, 15) is 9.90 Å². The van der Waals surface area contributed by atoms with E-state index in [0.717, 1.165) is 17.4 Å². The number of hydrogen-bond acceptors (Lipinski definition) is 3. The first kappa shape index (κ1) is 17.4. The van der Waals surface area contributed by atoms with Crippen LogP contribution in [0.3, 0.4) is 0 Å². The molecule has 3 heteroatoms. The van der Waals surface area contributed by atoms with Gasteiger partial charge < -0.3 is 9.90 Å². The summed E-state index contributed by atoms with van der Waals surface area (Å²) < 4.78 is 1.23. The molecule has 1 fully saturated rings. The molecule has 4 rings (SSSR count). The van der Waals surface area contributed by atoms with Gasteiger partial charge in [0, 0.05) is 17.0 Å². The molecule has 1 saturated carbocycles. The van der Waals surface area contributed by atoms with Gasteiger partial charge in [0.25, 0.3) is 0 Å². The first-order valence-electron chi connectivity index (χ1n) is 9.12. The van der Waals surface area contributed by atoms with Crippen molar-refractivity contribution in [1.29, 1.82) is 0 Å². The Kier molecular flexibility index (Phi) is 4.25. The molecule has 0 saturated heterocycles. The van der Waals surface area contributed by atoms with Crippen LogP contribution >= 0.6 is 11.3 Å². The number of aldehydes is 1. The van der Waals surface area contributed by atoms with E-state index >= 15 is 0 Å². The highest BCUT2D eigenvalue weighted by Crippen LogP contribution is 2.57. The van der Waals surface area contributed by atoms with Crippen molar-refractivity contribution in [2.45, 2.75) is 38.2 Å². The van der Waals surface area contributed by atoms with Gasteiger partial charge >= 0.3 is 0 Å². The Labute approximate surface area is 158 Å². The van der Waals surface area contributed by atoms with Gasteiger partial charge in [0.05, 0.1) is 11.5 Å². The molecule has 1 heterocycles. The van der Waals surface area contributed by atoms with Crippen LogP contribution < -0.4 is 0 Å². The summed E-state index contributed by atoms with van der Waals surface area (Å²) in [6.45, 7) is 4.34. The second-order valence-corrected chi connectivity index (χ2v) is 9.16. The molecule has 3 atom stereocenters. The van der Waals surface area contributed by atoms with Crippen molar-refractivity contribution in [2.24, 2.45) is 11.3 Å². The van der Waals surface area contributed by atoms with Gasteiger partial charge in [-0.1, -0.05) is 62.4 Å². The second kappa shape index (κ2) is 6.33. The first-order valence-corrected chi connectivity index (χ1v) is 10.0. The molecule has 134 valence electrons. The van der Waals surface area contributed by atoms with Crippen molar-refractivity contribution in [3.63, 3.8) is 0 Å². The third kappa shape index (κ3) is 2.80. The Morgan fingerprint density at radius 2 is 1.81 bits per heavy atom. The molecule has 0 aliphatic heterocycles. The predicted molar refractivity (Wildman–Crippen MR) is 108 cm³/mol. The monoisotopic (exact) mass is 364 g/mol. The Balaban J connectivity index is 1.74. The normalized spacial score (nSPS) is 27.7. The largest absolute Gasteiger partial charge is 0.389 e. The van der Waals surface area contributed by atoms with E-state index in [2.05, 4.69) is 43.5 Å². The number of fused-ring (bicyclic) bond motifs is 1. The van der Waals surface area contributed by atoms with E-state index in [1.165, 1.54) is 10.1 Å². The maximum atomic E-state index is 12.1. The second-order valence-electron chi connectivity index (χ2n) is 8.25. The number of carbonyl (C=O) groups is 1. The highest BCUT2D eigenvalue weighted by Gasteiger charge is 2.56. The van der Waals surface area contributed by atoms with Crippen LogP contribution in [0.5, 0.6) is 0 Å². The molecule has 3 aromatic rings. The lowest BCUT2D eigenvalue weighted by Gasteiger charge is -2.30. The van der Waals surface area contributed by atoms with Crippen LogP contribution in [0.1, 0.15) is 37.3 Å². The fourth-order valence-corrected chi connectivity index (χ4v) is 5.98. The van der Waals surface area contributed by atoms with Gasteiger partial charge in [-0.15, -0.1) is 11.3 Å². The number of carbonyl (C=O) groups excluding carboxylic acids is 1. The summed E-state index contributed by atoms with van der Waals surface area (Å²) in [5.41, 5.74) is 1.12. The summed E-state index contributed by atoms with van der Waals surface area (Å²) in [5.74, 6) is -0.380. The number of benzene rings is 2. The summed E-state index contributed by atoms with van der Waals surface area (Å²) in [7, 11) is 0. The predicted octanol–water partition coefficient (Wildman–Crippen LogP) is 5.20. The Bertz CT molecular complexity index is 928. The third-order valence-corrected chi connectivity index (χ3v) is 6.96. The van der Waals surface area contributed by atoms with Crippen LogP contribution in [-0.4, -0.2) is 17.0 Å². The van der Waals surface area contributed by atoms with E-state index in [-0.39, 0.29) is 11.3 Å². The molecule has 1 aromatic heterocycles. The molecule has 0 bridgehead atoms. The van der Waals surface area contributed by atoms with Crippen LogP contribution in [0.25, 0.3) is 10.1 Å². The lowest BCUT2D eigenvalue weighted by molar-refractivity contribution is -0.118. The molecule has 2 aromatic carbocycles. The lowest BCUT2D eigenvalue weighted by atomic mass is 9.74. The topological polar surface area (TPSA) is 37.3 Å². The van der Waals surface area contributed by atoms with Crippen LogP contribution in [0.2, 0.25) is 0 Å². The van der Waals surface area contributed by atoms with Crippen LogP contribution in [0.4, 0.5) is 0 Å². The minimum atomic E-state index is -1.02. The number of thiophene rings is 1. The van der Waals surface area contributed by atoms with Gasteiger partial charge in [0.15, 0.2) is 0 Å². The third-order valence-electron chi connectivity index (χ3n) is 5.95. The average Bonchev–Trinajstić information content (AvgIpc) is 3.11. The van der Waals surface area contributed by atoms with E-state index in [4.69, 9.17) is 0 Å². The Morgan fingerprint density at radius 3 is 2.54 bits per heavy atom. The summed E-state index contributed by atoms with van der Waals surface area (Å²) in [4.78, 5) is 12.1. The van der Waals surface area contributed by atoms with Crippen molar-refractivity contribution < 1.29 is 9.90 Å².